The lowest BCUT2D eigenvalue weighted by Gasteiger charge is -2.05. The molecule has 1 heterocycles. The summed E-state index contributed by atoms with van der Waals surface area (Å²) in [5.74, 6) is 1.09. The topological polar surface area (TPSA) is 60.5 Å². The van der Waals surface area contributed by atoms with Crippen molar-refractivity contribution in [1.82, 2.24) is 4.98 Å². The maximum absolute atomic E-state index is 12.3. The fourth-order valence-electron chi connectivity index (χ4n) is 2.05. The van der Waals surface area contributed by atoms with Gasteiger partial charge in [0.2, 0.25) is 0 Å². The van der Waals surface area contributed by atoms with Gasteiger partial charge in [0.25, 0.3) is 5.91 Å². The number of anilines is 1. The summed E-state index contributed by atoms with van der Waals surface area (Å²) in [6.45, 7) is 0.290. The molecule has 128 valence electrons. The van der Waals surface area contributed by atoms with Crippen LogP contribution in [0.3, 0.4) is 0 Å². The molecule has 3 aromatic rings. The first-order valence-electron chi connectivity index (χ1n) is 7.42. The summed E-state index contributed by atoms with van der Waals surface area (Å²) in [6.07, 6.45) is 0. The molecule has 0 aliphatic rings. The molecule has 0 spiro atoms. The smallest absolute Gasteiger partial charge is 0.275 e. The summed E-state index contributed by atoms with van der Waals surface area (Å²) in [5.41, 5.74) is 0.999. The van der Waals surface area contributed by atoms with Crippen molar-refractivity contribution in [3.05, 3.63) is 69.6 Å². The molecule has 0 saturated carbocycles. The lowest BCUT2D eigenvalue weighted by Crippen LogP contribution is -2.12. The van der Waals surface area contributed by atoms with Gasteiger partial charge < -0.3 is 14.8 Å². The van der Waals surface area contributed by atoms with Gasteiger partial charge in [0.1, 0.15) is 28.8 Å². The number of rotatable bonds is 6. The minimum atomic E-state index is -0.276. The molecule has 3 rings (SSSR count). The van der Waals surface area contributed by atoms with E-state index in [0.29, 0.717) is 39.5 Å². The number of benzene rings is 2. The number of carbonyl (C=O) groups is 1. The van der Waals surface area contributed by atoms with Crippen molar-refractivity contribution in [2.45, 2.75) is 6.61 Å². The average molecular weight is 375 g/mol. The third kappa shape index (κ3) is 4.71. The van der Waals surface area contributed by atoms with Crippen LogP contribution in [0.4, 0.5) is 5.69 Å². The van der Waals surface area contributed by atoms with Crippen LogP contribution in [0.2, 0.25) is 5.02 Å². The molecule has 0 aliphatic heterocycles. The average Bonchev–Trinajstić information content (AvgIpc) is 3.10. The van der Waals surface area contributed by atoms with Crippen LogP contribution in [0.15, 0.2) is 53.9 Å². The molecule has 0 unspecified atom stereocenters. The molecule has 0 fully saturated rings. The molecular formula is C18H15ClN2O3S. The van der Waals surface area contributed by atoms with Crippen LogP contribution in [0.1, 0.15) is 15.5 Å². The van der Waals surface area contributed by atoms with E-state index in [1.165, 1.54) is 11.3 Å². The third-order valence-electron chi connectivity index (χ3n) is 3.29. The monoisotopic (exact) mass is 374 g/mol. The first-order chi connectivity index (χ1) is 12.1. The van der Waals surface area contributed by atoms with Gasteiger partial charge in [-0.15, -0.1) is 11.3 Å². The van der Waals surface area contributed by atoms with Crippen LogP contribution in [-0.4, -0.2) is 18.0 Å². The number of hydrogen-bond acceptors (Lipinski definition) is 5. The SMILES string of the molecule is COc1cccc(NC(=O)c2csc(COc3ccc(Cl)cc3)n2)c1. The molecule has 25 heavy (non-hydrogen) atoms. The Balaban J connectivity index is 1.60. The second-order valence-electron chi connectivity index (χ2n) is 5.06. The van der Waals surface area contributed by atoms with Crippen molar-refractivity contribution in [1.29, 1.82) is 0 Å². The van der Waals surface area contributed by atoms with Gasteiger partial charge in [0.15, 0.2) is 0 Å². The van der Waals surface area contributed by atoms with Crippen LogP contribution in [0, 0.1) is 0 Å². The molecule has 0 aliphatic carbocycles. The minimum absolute atomic E-state index is 0.276. The van der Waals surface area contributed by atoms with Crippen LogP contribution in [-0.2, 0) is 6.61 Å². The molecule has 1 aromatic heterocycles. The van der Waals surface area contributed by atoms with E-state index >= 15 is 0 Å². The number of methoxy groups -OCH3 is 1. The summed E-state index contributed by atoms with van der Waals surface area (Å²) in [7, 11) is 1.58. The Bertz CT molecular complexity index is 865. The van der Waals surface area contributed by atoms with Crippen LogP contribution in [0.5, 0.6) is 11.5 Å². The highest BCUT2D eigenvalue weighted by Gasteiger charge is 2.12. The molecule has 1 N–H and O–H groups in total. The van der Waals surface area contributed by atoms with Gasteiger partial charge in [0, 0.05) is 22.2 Å². The minimum Gasteiger partial charge on any atom is -0.497 e. The molecule has 0 radical (unpaired) electrons. The van der Waals surface area contributed by atoms with Gasteiger partial charge in [-0.2, -0.15) is 0 Å². The third-order valence-corrected chi connectivity index (χ3v) is 4.36. The van der Waals surface area contributed by atoms with Gasteiger partial charge in [-0.1, -0.05) is 17.7 Å². The number of amides is 1. The molecule has 0 saturated heterocycles. The predicted octanol–water partition coefficient (Wildman–Crippen LogP) is 4.64. The normalized spacial score (nSPS) is 10.3. The highest BCUT2D eigenvalue weighted by Crippen LogP contribution is 2.20. The molecular weight excluding hydrogens is 360 g/mol. The van der Waals surface area contributed by atoms with E-state index in [4.69, 9.17) is 21.1 Å². The Morgan fingerprint density at radius 1 is 1.20 bits per heavy atom. The standard InChI is InChI=1S/C18H15ClN2O3S/c1-23-15-4-2-3-13(9-15)20-18(22)16-11-25-17(21-16)10-24-14-7-5-12(19)6-8-14/h2-9,11H,10H2,1H3,(H,20,22). The summed E-state index contributed by atoms with van der Waals surface area (Å²) in [5, 5.41) is 5.87. The molecule has 1 amide bonds. The lowest BCUT2D eigenvalue weighted by molar-refractivity contribution is 0.102. The first-order valence-corrected chi connectivity index (χ1v) is 8.68. The maximum Gasteiger partial charge on any atom is 0.275 e. The van der Waals surface area contributed by atoms with E-state index in [-0.39, 0.29) is 5.91 Å². The zero-order chi connectivity index (χ0) is 17.6. The van der Waals surface area contributed by atoms with Gasteiger partial charge in [-0.05, 0) is 36.4 Å². The fraction of sp³-hybridized carbons (Fsp3) is 0.111. The van der Waals surface area contributed by atoms with E-state index in [9.17, 15) is 4.79 Å². The lowest BCUT2D eigenvalue weighted by atomic mass is 10.3. The second-order valence-corrected chi connectivity index (χ2v) is 6.43. The van der Waals surface area contributed by atoms with Crippen LogP contribution in [0.25, 0.3) is 0 Å². The summed E-state index contributed by atoms with van der Waals surface area (Å²) >= 11 is 7.21. The number of nitrogens with one attached hydrogen (secondary N) is 1. The van der Waals surface area contributed by atoms with Crippen LogP contribution < -0.4 is 14.8 Å². The fourth-order valence-corrected chi connectivity index (χ4v) is 2.86. The largest absolute Gasteiger partial charge is 0.497 e. The molecule has 7 heteroatoms. The van der Waals surface area contributed by atoms with E-state index in [1.807, 2.05) is 6.07 Å². The number of carbonyl (C=O) groups excluding carboxylic acids is 1. The van der Waals surface area contributed by atoms with Crippen molar-refractivity contribution in [3.63, 3.8) is 0 Å². The number of thiazole rings is 1. The first kappa shape index (κ1) is 17.3. The molecule has 0 atom stereocenters. The van der Waals surface area contributed by atoms with E-state index in [2.05, 4.69) is 10.3 Å². The molecule has 5 nitrogen and oxygen atoms in total. The molecule has 2 aromatic carbocycles. The number of ether oxygens (including phenoxy) is 2. The Kier molecular flexibility index (Phi) is 5.53. The zero-order valence-electron chi connectivity index (χ0n) is 13.4. The van der Waals surface area contributed by atoms with Crippen molar-refractivity contribution in [2.75, 3.05) is 12.4 Å². The number of nitrogens with zero attached hydrogens (tertiary/aromatic N) is 1. The summed E-state index contributed by atoms with van der Waals surface area (Å²) in [4.78, 5) is 16.6. The number of aromatic nitrogens is 1. The van der Waals surface area contributed by atoms with E-state index < -0.39 is 0 Å². The highest BCUT2D eigenvalue weighted by molar-refractivity contribution is 7.09. The number of halogens is 1. The van der Waals surface area contributed by atoms with Gasteiger partial charge in [-0.3, -0.25) is 4.79 Å². The summed E-state index contributed by atoms with van der Waals surface area (Å²) < 4.78 is 10.8. The zero-order valence-corrected chi connectivity index (χ0v) is 14.9. The van der Waals surface area contributed by atoms with Gasteiger partial charge in [-0.25, -0.2) is 4.98 Å². The van der Waals surface area contributed by atoms with Crippen molar-refractivity contribution < 1.29 is 14.3 Å². The van der Waals surface area contributed by atoms with Crippen molar-refractivity contribution >= 4 is 34.5 Å². The Morgan fingerprint density at radius 3 is 2.76 bits per heavy atom. The quantitative estimate of drug-likeness (QED) is 0.683. The Morgan fingerprint density at radius 2 is 2.00 bits per heavy atom. The maximum atomic E-state index is 12.3. The van der Waals surface area contributed by atoms with E-state index in [1.54, 1.807) is 55.0 Å². The predicted molar refractivity (Wildman–Crippen MR) is 98.8 cm³/mol. The van der Waals surface area contributed by atoms with Crippen molar-refractivity contribution in [2.24, 2.45) is 0 Å². The Labute approximate surface area is 154 Å². The van der Waals surface area contributed by atoms with Gasteiger partial charge >= 0.3 is 0 Å². The van der Waals surface area contributed by atoms with Gasteiger partial charge in [0.05, 0.1) is 7.11 Å². The van der Waals surface area contributed by atoms with Crippen LogP contribution >= 0.6 is 22.9 Å². The van der Waals surface area contributed by atoms with Crippen molar-refractivity contribution in [3.8, 4) is 11.5 Å². The highest BCUT2D eigenvalue weighted by atomic mass is 35.5. The second kappa shape index (κ2) is 8.00. The van der Waals surface area contributed by atoms with E-state index in [0.717, 1.165) is 0 Å². The molecule has 0 bridgehead atoms. The summed E-state index contributed by atoms with van der Waals surface area (Å²) in [6, 6.07) is 14.2. The number of hydrogen-bond donors (Lipinski definition) is 1. The Hall–Kier alpha value is -2.57.